The van der Waals surface area contributed by atoms with Gasteiger partial charge in [-0.15, -0.1) is 11.8 Å². The van der Waals surface area contributed by atoms with Crippen LogP contribution in [0.4, 0.5) is 5.13 Å². The Kier molecular flexibility index (Phi) is 10.0. The van der Waals surface area contributed by atoms with E-state index in [1.807, 2.05) is 0 Å². The molecule has 4 N–H and O–H groups in total. The van der Waals surface area contributed by atoms with Crippen LogP contribution in [0.1, 0.15) is 27.5 Å². The van der Waals surface area contributed by atoms with Crippen molar-refractivity contribution in [1.29, 1.82) is 0 Å². The summed E-state index contributed by atoms with van der Waals surface area (Å²) < 4.78 is 8.94. The zero-order chi connectivity index (χ0) is 25.0. The summed E-state index contributed by atoms with van der Waals surface area (Å²) in [5, 5.41) is 15.6. The van der Waals surface area contributed by atoms with Crippen LogP contribution >= 0.6 is 23.3 Å². The molecule has 2 amide bonds. The summed E-state index contributed by atoms with van der Waals surface area (Å²) in [5.41, 5.74) is 3.78. The third-order valence-corrected chi connectivity index (χ3v) is 7.07. The van der Waals surface area contributed by atoms with E-state index in [0.717, 1.165) is 23.3 Å². The SMILES string of the molecule is CCON=C(C(=O)NC1C(=O)N2CC(COC(=O)CC(C)=O)(C(=O)O)CS[C@H]12)c1nsc(N)n1.[H-].[Na+]. The molecule has 3 atom stereocenters. The molecule has 186 valence electrons. The number of nitrogens with one attached hydrogen (secondary N) is 1. The standard InChI is InChI=1S/C18H22N6O8S2.Na.H/c1-3-32-22-10(12-21-17(19)34-23-12)13(27)20-11-14(28)24-5-18(16(29)30,7-33-15(11)24)6-31-9(26)4-8(2)25;;/h11,15H,3-7H2,1-2H3,(H,20,27)(H,29,30)(H2,19,21,23);;/q;+1;-1/t11?,15-,18?;;/m1../s1. The summed E-state index contributed by atoms with van der Waals surface area (Å²) in [6.07, 6.45) is -0.465. The first-order chi connectivity index (χ1) is 16.1. The number of carboxylic acids is 1. The number of fused-ring (bicyclic) bond motifs is 1. The number of thioether (sulfide) groups is 1. The fourth-order valence-electron chi connectivity index (χ4n) is 3.23. The first-order valence-electron chi connectivity index (χ1n) is 9.99. The van der Waals surface area contributed by atoms with E-state index in [0.29, 0.717) is 0 Å². The van der Waals surface area contributed by atoms with E-state index >= 15 is 0 Å². The monoisotopic (exact) mass is 538 g/mol. The molecule has 0 aromatic carbocycles. The van der Waals surface area contributed by atoms with Gasteiger partial charge in [0.25, 0.3) is 5.91 Å². The molecule has 35 heavy (non-hydrogen) atoms. The number of carbonyl (C=O) groups is 5. The van der Waals surface area contributed by atoms with E-state index in [1.54, 1.807) is 6.92 Å². The number of anilines is 1. The second kappa shape index (κ2) is 12.1. The van der Waals surface area contributed by atoms with Crippen LogP contribution in [0.2, 0.25) is 0 Å². The van der Waals surface area contributed by atoms with Crippen molar-refractivity contribution in [3.63, 3.8) is 0 Å². The smallest absolute Gasteiger partial charge is 1.00 e. The second-order valence-corrected chi connectivity index (χ2v) is 9.45. The van der Waals surface area contributed by atoms with Crippen molar-refractivity contribution in [2.75, 3.05) is 31.2 Å². The van der Waals surface area contributed by atoms with Gasteiger partial charge in [-0.1, -0.05) is 5.16 Å². The Labute approximate surface area is 231 Å². The van der Waals surface area contributed by atoms with Crippen molar-refractivity contribution in [2.24, 2.45) is 10.6 Å². The number of β-lactam (4-membered cyclic amide) rings is 1. The number of Topliss-reactive ketones (excluding diaryl/α,β-unsaturated/α-hetero) is 1. The van der Waals surface area contributed by atoms with E-state index in [-0.39, 0.29) is 66.6 Å². The van der Waals surface area contributed by atoms with Crippen LogP contribution in [0, 0.1) is 5.41 Å². The number of nitrogen functional groups attached to an aromatic ring is 1. The molecular weight excluding hydrogens is 515 g/mol. The van der Waals surface area contributed by atoms with Gasteiger partial charge in [0.05, 0.1) is 0 Å². The number of hydrogen-bond donors (Lipinski definition) is 3. The van der Waals surface area contributed by atoms with Crippen molar-refractivity contribution in [3.8, 4) is 0 Å². The molecular formula is C18H23N6NaO8S2. The Morgan fingerprint density at radius 1 is 1.40 bits per heavy atom. The van der Waals surface area contributed by atoms with E-state index in [1.165, 1.54) is 11.8 Å². The molecule has 1 aromatic rings. The maximum Gasteiger partial charge on any atom is 1.00 e. The molecule has 0 bridgehead atoms. The molecule has 2 saturated heterocycles. The van der Waals surface area contributed by atoms with Crippen LogP contribution in [0.25, 0.3) is 0 Å². The molecule has 0 spiro atoms. The average molecular weight is 539 g/mol. The largest absolute Gasteiger partial charge is 1.00 e. The Hall–Kier alpha value is -2.27. The van der Waals surface area contributed by atoms with Crippen molar-refractivity contribution >= 4 is 63.7 Å². The minimum absolute atomic E-state index is 0. The van der Waals surface area contributed by atoms with E-state index < -0.39 is 59.4 Å². The molecule has 1 aromatic heterocycles. The molecule has 3 rings (SSSR count). The summed E-state index contributed by atoms with van der Waals surface area (Å²) >= 11 is 1.99. The van der Waals surface area contributed by atoms with Crippen LogP contribution < -0.4 is 40.6 Å². The molecule has 0 saturated carbocycles. The van der Waals surface area contributed by atoms with Gasteiger partial charge in [-0.25, -0.2) is 0 Å². The molecule has 2 unspecified atom stereocenters. The number of nitrogens with zero attached hydrogens (tertiary/aromatic N) is 4. The van der Waals surface area contributed by atoms with E-state index in [2.05, 4.69) is 19.8 Å². The molecule has 17 heteroatoms. The number of ether oxygens (including phenoxy) is 1. The first kappa shape index (κ1) is 29.0. The topological polar surface area (TPSA) is 203 Å². The van der Waals surface area contributed by atoms with Crippen LogP contribution in [0.3, 0.4) is 0 Å². The van der Waals surface area contributed by atoms with Crippen molar-refractivity contribution in [1.82, 2.24) is 19.6 Å². The maximum atomic E-state index is 12.8. The quantitative estimate of drug-likeness (QED) is 0.0651. The Bertz CT molecular complexity index is 1060. The number of oxime groups is 1. The first-order valence-corrected chi connectivity index (χ1v) is 11.8. The summed E-state index contributed by atoms with van der Waals surface area (Å²) in [7, 11) is 0. The number of hydrogen-bond acceptors (Lipinski definition) is 13. The number of esters is 1. The predicted molar refractivity (Wildman–Crippen MR) is 120 cm³/mol. The summed E-state index contributed by atoms with van der Waals surface area (Å²) in [6.45, 7) is 2.35. The summed E-state index contributed by atoms with van der Waals surface area (Å²) in [5.74, 6) is -3.78. The van der Waals surface area contributed by atoms with E-state index in [9.17, 15) is 29.1 Å². The maximum absolute atomic E-state index is 12.8. The van der Waals surface area contributed by atoms with Gasteiger partial charge >= 0.3 is 41.5 Å². The fourth-order valence-corrected chi connectivity index (χ4v) is 5.19. The number of amides is 2. The van der Waals surface area contributed by atoms with Crippen LogP contribution in [0.15, 0.2) is 5.16 Å². The molecule has 3 heterocycles. The third-order valence-electron chi connectivity index (χ3n) is 4.94. The van der Waals surface area contributed by atoms with Crippen LogP contribution in [-0.4, -0.2) is 91.5 Å². The number of ketones is 1. The zero-order valence-corrected chi connectivity index (χ0v) is 22.8. The molecule has 0 aliphatic carbocycles. The minimum atomic E-state index is -1.54. The van der Waals surface area contributed by atoms with Gasteiger partial charge in [0.1, 0.15) is 42.2 Å². The Balaban J connectivity index is 0.00000324. The molecule has 2 aliphatic rings. The molecule has 2 fully saturated rings. The third kappa shape index (κ3) is 6.49. The number of carboxylic acid groups (broad SMARTS) is 1. The van der Waals surface area contributed by atoms with Crippen LogP contribution in [0.5, 0.6) is 0 Å². The van der Waals surface area contributed by atoms with Crippen LogP contribution in [-0.2, 0) is 33.5 Å². The fraction of sp³-hybridized carbons (Fsp3) is 0.556. The molecule has 0 radical (unpaired) electrons. The van der Waals surface area contributed by atoms with Crippen molar-refractivity contribution < 1.29 is 69.6 Å². The normalized spacial score (nSPS) is 23.3. The molecule has 14 nitrogen and oxygen atoms in total. The van der Waals surface area contributed by atoms with Gasteiger partial charge in [-0.2, -0.15) is 9.36 Å². The predicted octanol–water partition coefficient (Wildman–Crippen LogP) is -4.03. The zero-order valence-electron chi connectivity index (χ0n) is 20.2. The number of aliphatic carboxylic acids is 1. The second-order valence-electron chi connectivity index (χ2n) is 7.56. The van der Waals surface area contributed by atoms with Gasteiger partial charge in [0, 0.05) is 23.8 Å². The van der Waals surface area contributed by atoms with Gasteiger partial charge in [-0.3, -0.25) is 24.0 Å². The number of carbonyl (C=O) groups excluding carboxylic acids is 4. The Morgan fingerprint density at radius 2 is 2.11 bits per heavy atom. The van der Waals surface area contributed by atoms with Gasteiger partial charge < -0.3 is 32.1 Å². The minimum Gasteiger partial charge on any atom is -1.00 e. The number of aromatic nitrogens is 2. The van der Waals surface area contributed by atoms with Gasteiger partial charge in [0.2, 0.25) is 17.4 Å². The van der Waals surface area contributed by atoms with Gasteiger partial charge in [-0.05, 0) is 13.8 Å². The molecule has 2 aliphatic heterocycles. The average Bonchev–Trinajstić information content (AvgIpc) is 3.21. The van der Waals surface area contributed by atoms with Crippen molar-refractivity contribution in [2.45, 2.75) is 31.7 Å². The number of nitrogens with two attached hydrogens (primary N) is 1. The summed E-state index contributed by atoms with van der Waals surface area (Å²) in [6, 6.07) is -0.938. The van der Waals surface area contributed by atoms with E-state index in [4.69, 9.17) is 15.3 Å². The number of rotatable bonds is 10. The van der Waals surface area contributed by atoms with Crippen molar-refractivity contribution in [3.05, 3.63) is 5.82 Å². The summed E-state index contributed by atoms with van der Waals surface area (Å²) in [4.78, 5) is 70.4. The Morgan fingerprint density at radius 3 is 2.69 bits per heavy atom. The van der Waals surface area contributed by atoms with Gasteiger partial charge in [0.15, 0.2) is 5.13 Å².